The van der Waals surface area contributed by atoms with Gasteiger partial charge in [-0.2, -0.15) is 0 Å². The number of rotatable bonds is 7. The van der Waals surface area contributed by atoms with Crippen molar-refractivity contribution < 1.29 is 23.8 Å². The zero-order valence-corrected chi connectivity index (χ0v) is 12.6. The van der Waals surface area contributed by atoms with Crippen LogP contribution in [-0.2, 0) is 20.9 Å². The smallest absolute Gasteiger partial charge is 0.328 e. The second-order valence-corrected chi connectivity index (χ2v) is 4.29. The number of amides is 1. The molecule has 0 radical (unpaired) electrons. The minimum absolute atomic E-state index is 0.170. The highest BCUT2D eigenvalue weighted by Gasteiger charge is 2.11. The van der Waals surface area contributed by atoms with Crippen molar-refractivity contribution in [2.45, 2.75) is 6.54 Å². The average molecular weight is 321 g/mol. The van der Waals surface area contributed by atoms with Crippen molar-refractivity contribution in [1.29, 1.82) is 0 Å². The Morgan fingerprint density at radius 1 is 1.22 bits per heavy atom. The van der Waals surface area contributed by atoms with E-state index in [4.69, 9.17) is 14.2 Å². The fourth-order valence-corrected chi connectivity index (χ4v) is 1.69. The topological polar surface area (TPSA) is 117 Å². The van der Waals surface area contributed by atoms with E-state index in [1.54, 1.807) is 18.2 Å². The summed E-state index contributed by atoms with van der Waals surface area (Å²) in [6, 6.07) is 4.89. The van der Waals surface area contributed by atoms with Gasteiger partial charge < -0.3 is 19.5 Å². The predicted octanol–water partition coefficient (Wildman–Crippen LogP) is -0.128. The number of ether oxygens (including phenoxy) is 3. The molecule has 0 saturated heterocycles. The van der Waals surface area contributed by atoms with E-state index in [0.717, 1.165) is 0 Å². The van der Waals surface area contributed by atoms with E-state index in [1.165, 1.54) is 25.2 Å². The first-order chi connectivity index (χ1) is 11.1. The van der Waals surface area contributed by atoms with Gasteiger partial charge in [0.05, 0.1) is 14.2 Å². The zero-order chi connectivity index (χ0) is 16.7. The summed E-state index contributed by atoms with van der Waals surface area (Å²) in [5.41, 5.74) is 0.490. The molecule has 10 heteroatoms. The van der Waals surface area contributed by atoms with Crippen molar-refractivity contribution in [2.75, 3.05) is 26.1 Å². The van der Waals surface area contributed by atoms with Crippen LogP contribution < -0.4 is 14.8 Å². The van der Waals surface area contributed by atoms with Crippen molar-refractivity contribution in [1.82, 2.24) is 20.2 Å². The van der Waals surface area contributed by atoms with Crippen LogP contribution >= 0.6 is 0 Å². The molecule has 0 bridgehead atoms. The Morgan fingerprint density at radius 2 is 2.00 bits per heavy atom. The lowest BCUT2D eigenvalue weighted by Crippen LogP contribution is -2.23. The van der Waals surface area contributed by atoms with Crippen molar-refractivity contribution in [3.8, 4) is 11.5 Å². The molecule has 122 valence electrons. The van der Waals surface area contributed by atoms with Crippen LogP contribution in [0.25, 0.3) is 0 Å². The first kappa shape index (κ1) is 16.2. The Hall–Kier alpha value is -3.17. The maximum absolute atomic E-state index is 11.8. The fraction of sp³-hybridized carbons (Fsp3) is 0.308. The summed E-state index contributed by atoms with van der Waals surface area (Å²) in [5.74, 6) is -0.0959. The fourth-order valence-electron chi connectivity index (χ4n) is 1.69. The number of methoxy groups -OCH3 is 2. The van der Waals surface area contributed by atoms with Gasteiger partial charge in [0, 0.05) is 11.8 Å². The first-order valence-electron chi connectivity index (χ1n) is 6.50. The number of nitrogens with one attached hydrogen (secondary N) is 1. The molecule has 0 aliphatic heterocycles. The first-order valence-corrected chi connectivity index (χ1v) is 6.50. The van der Waals surface area contributed by atoms with Gasteiger partial charge in [-0.15, -0.1) is 5.10 Å². The molecular formula is C13H15N5O5. The van der Waals surface area contributed by atoms with E-state index in [0.29, 0.717) is 17.2 Å². The van der Waals surface area contributed by atoms with Crippen LogP contribution in [0, 0.1) is 0 Å². The van der Waals surface area contributed by atoms with E-state index in [2.05, 4.69) is 20.8 Å². The van der Waals surface area contributed by atoms with Crippen LogP contribution in [0.2, 0.25) is 0 Å². The number of carbonyl (C=O) groups is 2. The highest BCUT2D eigenvalue weighted by molar-refractivity contribution is 5.93. The molecule has 1 amide bonds. The SMILES string of the molecule is COc1ccc(NC(=O)COC(=O)Cn2cnnn2)cc1OC. The number of esters is 1. The Balaban J connectivity index is 1.83. The molecule has 1 heterocycles. The molecule has 23 heavy (non-hydrogen) atoms. The molecular weight excluding hydrogens is 306 g/mol. The van der Waals surface area contributed by atoms with Crippen LogP contribution in [0.3, 0.4) is 0 Å². The lowest BCUT2D eigenvalue weighted by Gasteiger charge is -2.10. The summed E-state index contributed by atoms with van der Waals surface area (Å²) >= 11 is 0. The van der Waals surface area contributed by atoms with E-state index in [-0.39, 0.29) is 6.54 Å². The second-order valence-electron chi connectivity index (χ2n) is 4.29. The largest absolute Gasteiger partial charge is 0.493 e. The van der Waals surface area contributed by atoms with Crippen molar-refractivity contribution in [3.05, 3.63) is 24.5 Å². The maximum Gasteiger partial charge on any atom is 0.328 e. The number of anilines is 1. The molecule has 1 aromatic heterocycles. The third kappa shape index (κ3) is 4.66. The standard InChI is InChI=1S/C13H15N5O5/c1-21-10-4-3-9(5-11(10)22-2)15-12(19)7-23-13(20)6-18-8-14-16-17-18/h3-5,8H,6-7H2,1-2H3,(H,15,19). The van der Waals surface area contributed by atoms with E-state index < -0.39 is 18.5 Å². The van der Waals surface area contributed by atoms with E-state index >= 15 is 0 Å². The lowest BCUT2D eigenvalue weighted by molar-refractivity contribution is -0.148. The van der Waals surface area contributed by atoms with Crippen LogP contribution in [0.1, 0.15) is 0 Å². The quantitative estimate of drug-likeness (QED) is 0.701. The van der Waals surface area contributed by atoms with Gasteiger partial charge in [-0.25, -0.2) is 4.68 Å². The number of hydrogen-bond donors (Lipinski definition) is 1. The van der Waals surface area contributed by atoms with E-state index in [9.17, 15) is 9.59 Å². The molecule has 0 atom stereocenters. The summed E-state index contributed by atoms with van der Waals surface area (Å²) in [7, 11) is 3.00. The van der Waals surface area contributed by atoms with Crippen LogP contribution in [-0.4, -0.2) is 52.9 Å². The molecule has 0 saturated carbocycles. The molecule has 0 aliphatic carbocycles. The number of aromatic nitrogens is 4. The van der Waals surface area contributed by atoms with E-state index in [1.807, 2.05) is 0 Å². The molecule has 1 aromatic carbocycles. The van der Waals surface area contributed by atoms with Gasteiger partial charge in [0.1, 0.15) is 12.9 Å². The van der Waals surface area contributed by atoms with Gasteiger partial charge >= 0.3 is 5.97 Å². The van der Waals surface area contributed by atoms with Gasteiger partial charge in [0.25, 0.3) is 5.91 Å². The van der Waals surface area contributed by atoms with Gasteiger partial charge in [-0.1, -0.05) is 0 Å². The molecule has 0 unspecified atom stereocenters. The number of tetrazole rings is 1. The van der Waals surface area contributed by atoms with Crippen LogP contribution in [0.5, 0.6) is 11.5 Å². The zero-order valence-electron chi connectivity index (χ0n) is 12.6. The van der Waals surface area contributed by atoms with Gasteiger partial charge in [-0.3, -0.25) is 9.59 Å². The summed E-state index contributed by atoms with van der Waals surface area (Å²) in [4.78, 5) is 23.3. The average Bonchev–Trinajstić information content (AvgIpc) is 3.05. The molecule has 1 N–H and O–H groups in total. The van der Waals surface area contributed by atoms with Gasteiger partial charge in [0.15, 0.2) is 18.1 Å². The van der Waals surface area contributed by atoms with Crippen molar-refractivity contribution >= 4 is 17.6 Å². The summed E-state index contributed by atoms with van der Waals surface area (Å²) < 4.78 is 16.2. The number of nitrogens with zero attached hydrogens (tertiary/aromatic N) is 4. The Labute approximate surface area is 131 Å². The number of hydrogen-bond acceptors (Lipinski definition) is 8. The third-order valence-corrected chi connectivity index (χ3v) is 2.71. The monoisotopic (exact) mass is 321 g/mol. The molecule has 2 aromatic rings. The minimum Gasteiger partial charge on any atom is -0.493 e. The van der Waals surface area contributed by atoms with Crippen molar-refractivity contribution in [3.63, 3.8) is 0 Å². The molecule has 0 spiro atoms. The van der Waals surface area contributed by atoms with Gasteiger partial charge in [-0.05, 0) is 22.6 Å². The molecule has 0 aliphatic rings. The highest BCUT2D eigenvalue weighted by atomic mass is 16.5. The van der Waals surface area contributed by atoms with Crippen LogP contribution in [0.4, 0.5) is 5.69 Å². The number of benzene rings is 1. The Kier molecular flexibility index (Phi) is 5.45. The molecule has 2 rings (SSSR count). The summed E-state index contributed by atoms with van der Waals surface area (Å²) in [6.45, 7) is -0.591. The highest BCUT2D eigenvalue weighted by Crippen LogP contribution is 2.29. The summed E-state index contributed by atoms with van der Waals surface area (Å²) in [6.07, 6.45) is 1.27. The Bertz CT molecular complexity index is 673. The number of carbonyl (C=O) groups excluding carboxylic acids is 2. The van der Waals surface area contributed by atoms with Crippen LogP contribution in [0.15, 0.2) is 24.5 Å². The Morgan fingerprint density at radius 3 is 2.65 bits per heavy atom. The van der Waals surface area contributed by atoms with Gasteiger partial charge in [0.2, 0.25) is 0 Å². The minimum atomic E-state index is -0.625. The maximum atomic E-state index is 11.8. The molecule has 0 fully saturated rings. The summed E-state index contributed by atoms with van der Waals surface area (Å²) in [5, 5.41) is 12.9. The predicted molar refractivity (Wildman–Crippen MR) is 77.0 cm³/mol. The molecule has 10 nitrogen and oxygen atoms in total. The van der Waals surface area contributed by atoms with Crippen molar-refractivity contribution in [2.24, 2.45) is 0 Å². The third-order valence-electron chi connectivity index (χ3n) is 2.71. The second kappa shape index (κ2) is 7.73. The normalized spacial score (nSPS) is 10.0. The lowest BCUT2D eigenvalue weighted by atomic mass is 10.2.